The first-order valence-corrected chi connectivity index (χ1v) is 33.6. The second kappa shape index (κ2) is 36.4. The Labute approximate surface area is 551 Å². The number of benzene rings is 3. The molecule has 0 saturated carbocycles. The van der Waals surface area contributed by atoms with E-state index in [0.717, 1.165) is 34.1 Å². The summed E-state index contributed by atoms with van der Waals surface area (Å²) in [5.41, 5.74) is 12.6. The van der Waals surface area contributed by atoms with Gasteiger partial charge in [-0.3, -0.25) is 29.1 Å². The Balaban J connectivity index is 0.000000334. The van der Waals surface area contributed by atoms with Crippen molar-refractivity contribution in [1.82, 2.24) is 19.6 Å². The van der Waals surface area contributed by atoms with E-state index in [9.17, 15) is 50.7 Å². The van der Waals surface area contributed by atoms with Crippen LogP contribution in [0.4, 0.5) is 40.7 Å². The average molecular weight is 1380 g/mol. The van der Waals surface area contributed by atoms with Gasteiger partial charge in [0.1, 0.15) is 70.9 Å². The van der Waals surface area contributed by atoms with Crippen molar-refractivity contribution >= 4 is 78.4 Å². The molecule has 3 aromatic rings. The zero-order valence-corrected chi connectivity index (χ0v) is 57.7. The molecule has 3 amide bonds. The van der Waals surface area contributed by atoms with Gasteiger partial charge in [0, 0.05) is 56.8 Å². The number of azide groups is 1. The number of likely N-dealkylation sites (N-methyl/N-ethyl adjacent to an activating group) is 1. The van der Waals surface area contributed by atoms with Gasteiger partial charge in [-0.05, 0) is 163 Å². The van der Waals surface area contributed by atoms with Crippen LogP contribution in [-0.2, 0) is 52.6 Å². The molecule has 0 aromatic heterocycles. The third kappa shape index (κ3) is 25.3. The van der Waals surface area contributed by atoms with Crippen LogP contribution in [0.2, 0.25) is 15.1 Å². The van der Waals surface area contributed by atoms with Gasteiger partial charge in [0.05, 0.1) is 33.2 Å². The van der Waals surface area contributed by atoms with Crippen molar-refractivity contribution in [3.8, 4) is 0 Å². The monoisotopic (exact) mass is 1380 g/mol. The maximum Gasteiger partial charge on any atom is 0.411 e. The number of likely N-dealkylation sites (tertiary alicyclic amines) is 3. The molecule has 4 fully saturated rings. The normalized spacial score (nSPS) is 22.8. The minimum absolute atomic E-state index is 0.0111. The lowest BCUT2D eigenvalue weighted by Gasteiger charge is -2.28. The Morgan fingerprint density at radius 2 is 0.967 bits per heavy atom. The topological polar surface area (TPSA) is 247 Å². The predicted molar refractivity (Wildman–Crippen MR) is 343 cm³/mol. The van der Waals surface area contributed by atoms with E-state index in [0.29, 0.717) is 7.92 Å². The number of hydrogen-bond donors (Lipinski definition) is 2. The molecule has 4 aliphatic heterocycles. The van der Waals surface area contributed by atoms with Gasteiger partial charge in [-0.1, -0.05) is 76.3 Å². The molecule has 29 heteroatoms. The predicted octanol–water partition coefficient (Wildman–Crippen LogP) is 13.2. The number of Topliss-reactive ketones (excluding diaryl/α,β-unsaturated/α-hetero) is 3. The van der Waals surface area contributed by atoms with Crippen molar-refractivity contribution in [1.29, 1.82) is 0 Å². The van der Waals surface area contributed by atoms with Crippen molar-refractivity contribution in [3.63, 3.8) is 0 Å². The molecule has 3 N–H and O–H groups in total. The molecule has 514 valence electrons. The molecule has 7 rings (SSSR count). The van der Waals surface area contributed by atoms with E-state index in [1.807, 2.05) is 0 Å². The van der Waals surface area contributed by atoms with E-state index < -0.39 is 131 Å². The molecule has 0 radical (unpaired) electrons. The molecule has 0 aliphatic carbocycles. The summed E-state index contributed by atoms with van der Waals surface area (Å²) < 4.78 is 107. The molecule has 10 atom stereocenters. The van der Waals surface area contributed by atoms with Gasteiger partial charge in [0.25, 0.3) is 0 Å². The van der Waals surface area contributed by atoms with Gasteiger partial charge in [0.2, 0.25) is 0 Å². The number of aliphatic hydroxyl groups is 1. The summed E-state index contributed by atoms with van der Waals surface area (Å²) in [6.45, 7) is 22.1. The van der Waals surface area contributed by atoms with Crippen molar-refractivity contribution in [2.75, 3.05) is 60.3 Å². The number of ether oxygens (including phenoxy) is 4. The second-order valence-corrected chi connectivity index (χ2v) is 29.8. The third-order valence-electron chi connectivity index (χ3n) is 13.9. The van der Waals surface area contributed by atoms with Crippen LogP contribution < -0.4 is 5.73 Å². The fourth-order valence-electron chi connectivity index (χ4n) is 9.64. The molecule has 92 heavy (non-hydrogen) atoms. The molecule has 19 nitrogen and oxygen atoms in total. The van der Waals surface area contributed by atoms with Gasteiger partial charge >= 0.3 is 18.3 Å². The minimum Gasteiger partial charge on any atom is -0.444 e. The Morgan fingerprint density at radius 3 is 1.27 bits per heavy atom. The summed E-state index contributed by atoms with van der Waals surface area (Å²) >= 11 is 17.2. The number of ketones is 3. The quantitative estimate of drug-likeness (QED) is 0.0381. The highest BCUT2D eigenvalue weighted by molar-refractivity contribution is 7.55. The summed E-state index contributed by atoms with van der Waals surface area (Å²) in [7, 11) is 3.77. The smallest absolute Gasteiger partial charge is 0.411 e. The van der Waals surface area contributed by atoms with Crippen LogP contribution in [0, 0.1) is 17.5 Å². The maximum atomic E-state index is 15.1. The summed E-state index contributed by atoms with van der Waals surface area (Å²) in [5.74, 6) is -3.46. The number of nitrogens with two attached hydrogens (primary N) is 1. The van der Waals surface area contributed by atoms with Crippen molar-refractivity contribution in [3.05, 3.63) is 114 Å². The van der Waals surface area contributed by atoms with Crippen LogP contribution in [0.15, 0.2) is 59.7 Å². The number of aryl methyl sites for hydroxylation is 3. The lowest BCUT2D eigenvalue weighted by Crippen LogP contribution is -2.46. The van der Waals surface area contributed by atoms with E-state index in [2.05, 4.69) is 30.0 Å². The maximum absolute atomic E-state index is 15.1. The fraction of sp³-hybridized carbons (Fsp3) is 0.619. The Hall–Kier alpha value is -5.49. The lowest BCUT2D eigenvalue weighted by molar-refractivity contribution is -0.125. The average Bonchev–Trinajstić information content (AvgIpc) is 1.66. The van der Waals surface area contributed by atoms with Crippen molar-refractivity contribution < 1.29 is 79.2 Å². The Bertz CT molecular complexity index is 3020. The zero-order chi connectivity index (χ0) is 69.9. The molecular formula is C63H88Cl3F6N8O11P. The molecule has 0 bridgehead atoms. The molecule has 4 saturated heterocycles. The standard InChI is InChI=1S/C20H27ClF2N2O3.C18H21ClF2N4O3.C18H23ClF2N2O3.C4H8O2.C3H9P/c1-20(2,3)28-19(27)25-11-14(24(4)5)17(23)18(25)15(26)10-9-12-7-6-8-13(21)16(12)22;1-18(2,3)28-17(27)25-9-12(23-24-22)15(21)16(25)13(26)8-7-10-5-4-6-11(19)14(10)20;1-18(2,3)26-17(25)23-9-12(22)15(21)16(23)13(24)8-7-10-5-4-6-11(19)14(10)20;5-4-2-1-3-6-4;1-4(2)3/h6-8,14,17-18H,9-11H2,1-5H3;4-6,12,15-16H,7-9H2,1-3H3;4-6,12,15-16H,7-9,22H2,1-3H3;4-5H,1-3H2;1-3H3/t14-,17+,18-;2*12-,15+,16-;;/m111../s1. The van der Waals surface area contributed by atoms with Crippen LogP contribution >= 0.6 is 42.7 Å². The van der Waals surface area contributed by atoms with Gasteiger partial charge in [-0.15, -0.1) is 7.92 Å². The molecule has 0 spiro atoms. The Morgan fingerprint density at radius 1 is 0.630 bits per heavy atom. The fourth-order valence-corrected chi connectivity index (χ4v) is 10.2. The number of nitrogens with zero attached hydrogens (tertiary/aromatic N) is 7. The SMILES string of the molecule is CC(C)(C)OC(=O)N1C[C@@H](N)[C@H](F)[C@H]1C(=O)CCc1cccc(Cl)c1F.CC(C)(C)OC(=O)N1C[C@@H](N=[N+]=[N-])[C@H](F)[C@H]1C(=O)CCc1cccc(Cl)c1F.CN(C)[C@@H]1CN(C(=O)OC(C)(C)C)[C@H](C(=O)CCc2cccc(Cl)c2F)[C@H]1F.CP(C)C.OC1CCCO1. The summed E-state index contributed by atoms with van der Waals surface area (Å²) in [4.78, 5) is 82.6. The van der Waals surface area contributed by atoms with Gasteiger partial charge in [0.15, 0.2) is 23.6 Å². The Kier molecular flexibility index (Phi) is 32.0. The number of rotatable bonds is 14. The number of halogens is 9. The van der Waals surface area contributed by atoms with Crippen LogP contribution in [0.3, 0.4) is 0 Å². The number of alkyl halides is 3. The van der Waals surface area contributed by atoms with E-state index in [-0.39, 0.29) is 89.9 Å². The summed E-state index contributed by atoms with van der Waals surface area (Å²) in [6, 6.07) is 6.58. The van der Waals surface area contributed by atoms with Crippen LogP contribution in [-0.4, -0.2) is 199 Å². The third-order valence-corrected chi connectivity index (χ3v) is 14.8. The van der Waals surface area contributed by atoms with Crippen molar-refractivity contribution in [2.45, 2.75) is 192 Å². The van der Waals surface area contributed by atoms with Crippen LogP contribution in [0.25, 0.3) is 10.4 Å². The molecule has 4 heterocycles. The number of aliphatic hydroxyl groups excluding tert-OH is 1. The summed E-state index contributed by atoms with van der Waals surface area (Å²) in [6.07, 6.45) is -6.51. The van der Waals surface area contributed by atoms with Crippen LogP contribution in [0.1, 0.15) is 111 Å². The van der Waals surface area contributed by atoms with E-state index in [1.54, 1.807) is 99.5 Å². The molecular weight excluding hydrogens is 1300 g/mol. The largest absolute Gasteiger partial charge is 0.444 e. The van der Waals surface area contributed by atoms with Gasteiger partial charge in [-0.2, -0.15) is 0 Å². The number of carbonyl (C=O) groups is 6. The molecule has 1 unspecified atom stereocenters. The minimum atomic E-state index is -1.87. The van der Waals surface area contributed by atoms with Crippen molar-refractivity contribution in [2.24, 2.45) is 10.8 Å². The highest BCUT2D eigenvalue weighted by Crippen LogP contribution is 2.32. The highest BCUT2D eigenvalue weighted by atomic mass is 35.5. The van der Waals surface area contributed by atoms with E-state index >= 15 is 4.39 Å². The van der Waals surface area contributed by atoms with Gasteiger partial charge in [-0.25, -0.2) is 40.7 Å². The summed E-state index contributed by atoms with van der Waals surface area (Å²) in [5, 5.41) is 11.7. The first-order valence-electron chi connectivity index (χ1n) is 29.8. The van der Waals surface area contributed by atoms with E-state index in [4.69, 9.17) is 70.1 Å². The number of amides is 3. The molecule has 4 aliphatic rings. The molecule has 3 aromatic carbocycles. The van der Waals surface area contributed by atoms with Gasteiger partial charge < -0.3 is 34.7 Å². The lowest BCUT2D eigenvalue weighted by atomic mass is 9.99. The number of hydrogen-bond acceptors (Lipinski definition) is 14. The number of carbonyl (C=O) groups excluding carboxylic acids is 6. The highest BCUT2D eigenvalue weighted by Gasteiger charge is 2.52. The first kappa shape index (κ1) is 80.7. The van der Waals surface area contributed by atoms with E-state index in [1.165, 1.54) is 36.4 Å². The first-order chi connectivity index (χ1) is 42.6. The second-order valence-electron chi connectivity index (χ2n) is 25.9. The van der Waals surface area contributed by atoms with Crippen LogP contribution in [0.5, 0.6) is 0 Å². The zero-order valence-electron chi connectivity index (χ0n) is 54.5.